The molecule has 1 amide bonds. The van der Waals surface area contributed by atoms with Crippen LogP contribution >= 0.6 is 11.3 Å². The summed E-state index contributed by atoms with van der Waals surface area (Å²) >= 11 is 1.68. The van der Waals surface area contributed by atoms with E-state index in [1.54, 1.807) is 22.2 Å². The van der Waals surface area contributed by atoms with E-state index in [-0.39, 0.29) is 17.5 Å². The molecule has 7 nitrogen and oxygen atoms in total. The van der Waals surface area contributed by atoms with Gasteiger partial charge in [-0.3, -0.25) is 9.48 Å². The van der Waals surface area contributed by atoms with Gasteiger partial charge >= 0.3 is 5.97 Å². The fourth-order valence-corrected chi connectivity index (χ4v) is 4.16. The third-order valence-electron chi connectivity index (χ3n) is 4.93. The van der Waals surface area contributed by atoms with Gasteiger partial charge < -0.3 is 14.6 Å². The number of amides is 1. The van der Waals surface area contributed by atoms with Gasteiger partial charge in [0, 0.05) is 30.4 Å². The van der Waals surface area contributed by atoms with Crippen molar-refractivity contribution in [1.82, 2.24) is 19.2 Å². The number of hydrogen-bond acceptors (Lipinski definition) is 4. The van der Waals surface area contributed by atoms with E-state index in [1.807, 2.05) is 39.2 Å². The Bertz CT molecular complexity index is 936. The van der Waals surface area contributed by atoms with Crippen molar-refractivity contribution < 1.29 is 14.7 Å². The number of carboxylic acids is 1. The Morgan fingerprint density at radius 3 is 2.70 bits per heavy atom. The van der Waals surface area contributed by atoms with E-state index in [9.17, 15) is 9.59 Å². The fourth-order valence-electron chi connectivity index (χ4n) is 3.46. The zero-order valence-electron chi connectivity index (χ0n) is 14.7. The summed E-state index contributed by atoms with van der Waals surface area (Å²) in [5.41, 5.74) is 0.897. The largest absolute Gasteiger partial charge is 0.478 e. The summed E-state index contributed by atoms with van der Waals surface area (Å²) in [4.78, 5) is 27.1. The summed E-state index contributed by atoms with van der Waals surface area (Å²) in [6, 6.07) is 7.99. The highest BCUT2D eigenvalue weighted by Crippen LogP contribution is 2.24. The van der Waals surface area contributed by atoms with Crippen molar-refractivity contribution >= 4 is 23.2 Å². The molecule has 140 valence electrons. The number of nitrogens with zero attached hydrogens (tertiary/aromatic N) is 4. The molecule has 3 aromatic rings. The summed E-state index contributed by atoms with van der Waals surface area (Å²) < 4.78 is 3.71. The Morgan fingerprint density at radius 2 is 2.04 bits per heavy atom. The van der Waals surface area contributed by atoms with E-state index in [1.165, 1.54) is 11.1 Å². The Morgan fingerprint density at radius 1 is 1.22 bits per heavy atom. The maximum absolute atomic E-state index is 13.0. The first-order valence-corrected chi connectivity index (χ1v) is 9.74. The van der Waals surface area contributed by atoms with Crippen molar-refractivity contribution in [1.29, 1.82) is 0 Å². The van der Waals surface area contributed by atoms with Crippen LogP contribution in [0, 0.1) is 0 Å². The summed E-state index contributed by atoms with van der Waals surface area (Å²) in [5, 5.41) is 15.2. The van der Waals surface area contributed by atoms with Crippen LogP contribution in [0.4, 0.5) is 0 Å². The molecule has 8 heteroatoms. The van der Waals surface area contributed by atoms with E-state index in [4.69, 9.17) is 5.11 Å². The van der Waals surface area contributed by atoms with Crippen molar-refractivity contribution in [3.63, 3.8) is 0 Å². The van der Waals surface area contributed by atoms with Crippen LogP contribution < -0.4 is 0 Å². The first-order chi connectivity index (χ1) is 13.1. The van der Waals surface area contributed by atoms with Crippen molar-refractivity contribution in [2.45, 2.75) is 25.4 Å². The lowest BCUT2D eigenvalue weighted by Gasteiger charge is -2.32. The number of likely N-dealkylation sites (tertiary alicyclic amines) is 1. The lowest BCUT2D eigenvalue weighted by molar-refractivity contribution is 0.0678. The number of aromatic nitrogens is 3. The van der Waals surface area contributed by atoms with Crippen LogP contribution in [-0.2, 0) is 6.54 Å². The molecule has 0 aromatic carbocycles. The maximum atomic E-state index is 13.0. The highest BCUT2D eigenvalue weighted by atomic mass is 32.1. The topological polar surface area (TPSA) is 80.4 Å². The quantitative estimate of drug-likeness (QED) is 0.733. The molecule has 1 fully saturated rings. The van der Waals surface area contributed by atoms with Crippen molar-refractivity contribution in [3.8, 4) is 0 Å². The van der Waals surface area contributed by atoms with Crippen molar-refractivity contribution in [2.75, 3.05) is 13.1 Å². The molecule has 0 saturated carbocycles. The summed E-state index contributed by atoms with van der Waals surface area (Å²) in [6.45, 7) is 1.97. The van der Waals surface area contributed by atoms with Gasteiger partial charge in [0.1, 0.15) is 5.69 Å². The van der Waals surface area contributed by atoms with Gasteiger partial charge in [-0.05, 0) is 36.4 Å². The molecule has 1 aliphatic heterocycles. The third-order valence-corrected chi connectivity index (χ3v) is 5.79. The molecule has 0 atom stereocenters. The van der Waals surface area contributed by atoms with E-state index < -0.39 is 5.97 Å². The van der Waals surface area contributed by atoms with Gasteiger partial charge in [-0.15, -0.1) is 11.3 Å². The summed E-state index contributed by atoms with van der Waals surface area (Å²) in [5.74, 6) is -0.929. The monoisotopic (exact) mass is 384 g/mol. The minimum Gasteiger partial charge on any atom is -0.478 e. The van der Waals surface area contributed by atoms with Crippen LogP contribution in [0.15, 0.2) is 48.2 Å². The van der Waals surface area contributed by atoms with Gasteiger partial charge in [-0.25, -0.2) is 4.79 Å². The molecule has 0 radical (unpaired) electrons. The molecule has 1 aliphatic rings. The zero-order chi connectivity index (χ0) is 18.8. The lowest BCUT2D eigenvalue weighted by Crippen LogP contribution is -2.40. The van der Waals surface area contributed by atoms with Crippen LogP contribution in [-0.4, -0.2) is 49.3 Å². The van der Waals surface area contributed by atoms with Crippen LogP contribution in [0.5, 0.6) is 0 Å². The SMILES string of the molecule is O=C(O)c1cnn(C2CCN(C(=O)c3cccn3Cc3cccs3)CC2)c1. The second-order valence-electron chi connectivity index (χ2n) is 6.64. The van der Waals surface area contributed by atoms with E-state index >= 15 is 0 Å². The van der Waals surface area contributed by atoms with Crippen LogP contribution in [0.3, 0.4) is 0 Å². The minimum absolute atomic E-state index is 0.0432. The number of thiophene rings is 1. The number of carbonyl (C=O) groups is 2. The van der Waals surface area contributed by atoms with Gasteiger partial charge in [0.2, 0.25) is 0 Å². The Hall–Kier alpha value is -2.87. The minimum atomic E-state index is -0.972. The van der Waals surface area contributed by atoms with Crippen LogP contribution in [0.25, 0.3) is 0 Å². The molecule has 4 rings (SSSR count). The molecule has 27 heavy (non-hydrogen) atoms. The first kappa shape index (κ1) is 17.5. The molecule has 3 aromatic heterocycles. The predicted molar refractivity (Wildman–Crippen MR) is 101 cm³/mol. The normalized spacial score (nSPS) is 15.2. The average Bonchev–Trinajstić information content (AvgIpc) is 3.43. The fraction of sp³-hybridized carbons (Fsp3) is 0.316. The third kappa shape index (κ3) is 3.66. The second-order valence-corrected chi connectivity index (χ2v) is 7.67. The van der Waals surface area contributed by atoms with Crippen LogP contribution in [0.1, 0.15) is 44.6 Å². The number of rotatable bonds is 5. The van der Waals surface area contributed by atoms with Crippen molar-refractivity contribution in [2.24, 2.45) is 0 Å². The lowest BCUT2D eigenvalue weighted by atomic mass is 10.0. The smallest absolute Gasteiger partial charge is 0.338 e. The van der Waals surface area contributed by atoms with Gasteiger partial charge in [-0.1, -0.05) is 6.07 Å². The van der Waals surface area contributed by atoms with Gasteiger partial charge in [0.25, 0.3) is 5.91 Å². The van der Waals surface area contributed by atoms with E-state index in [0.717, 1.165) is 12.8 Å². The molecule has 0 bridgehead atoms. The number of carbonyl (C=O) groups excluding carboxylic acids is 1. The van der Waals surface area contributed by atoms with Crippen molar-refractivity contribution in [3.05, 3.63) is 64.4 Å². The molecular formula is C19H20N4O3S. The van der Waals surface area contributed by atoms with Crippen LogP contribution in [0.2, 0.25) is 0 Å². The number of hydrogen-bond donors (Lipinski definition) is 1. The maximum Gasteiger partial charge on any atom is 0.338 e. The average molecular weight is 384 g/mol. The summed E-state index contributed by atoms with van der Waals surface area (Å²) in [6.07, 6.45) is 6.40. The number of piperidine rings is 1. The molecule has 1 N–H and O–H groups in total. The number of carboxylic acid groups (broad SMARTS) is 1. The Labute approximate surface area is 160 Å². The Kier molecular flexibility index (Phi) is 4.81. The standard InChI is InChI=1S/C19H20N4O3S/c24-18(17-4-1-7-22(17)13-16-3-2-10-27-16)21-8-5-15(6-9-21)23-12-14(11-20-23)19(25)26/h1-4,7,10-12,15H,5-6,8-9,13H2,(H,25,26). The molecule has 0 aliphatic carbocycles. The Balaban J connectivity index is 1.40. The molecule has 0 spiro atoms. The summed E-state index contributed by atoms with van der Waals surface area (Å²) in [7, 11) is 0. The second kappa shape index (κ2) is 7.40. The molecule has 0 unspecified atom stereocenters. The van der Waals surface area contributed by atoms with Gasteiger partial charge in [-0.2, -0.15) is 5.10 Å². The molecule has 4 heterocycles. The highest BCUT2D eigenvalue weighted by Gasteiger charge is 2.26. The number of aromatic carboxylic acids is 1. The molecular weight excluding hydrogens is 364 g/mol. The van der Waals surface area contributed by atoms with E-state index in [0.29, 0.717) is 25.3 Å². The zero-order valence-corrected chi connectivity index (χ0v) is 15.5. The van der Waals surface area contributed by atoms with Gasteiger partial charge in [0.05, 0.1) is 24.3 Å². The first-order valence-electron chi connectivity index (χ1n) is 8.86. The predicted octanol–water partition coefficient (Wildman–Crippen LogP) is 2.97. The highest BCUT2D eigenvalue weighted by molar-refractivity contribution is 7.09. The van der Waals surface area contributed by atoms with E-state index in [2.05, 4.69) is 11.2 Å². The van der Waals surface area contributed by atoms with Gasteiger partial charge in [0.15, 0.2) is 0 Å². The molecule has 1 saturated heterocycles.